The van der Waals surface area contributed by atoms with Crippen LogP contribution in [0.25, 0.3) is 0 Å². The number of anilines is 1. The van der Waals surface area contributed by atoms with Crippen LogP contribution in [0.3, 0.4) is 0 Å². The standard InChI is InChI=1S/C19H24N2O9S2/c1-4-9-31-19(26)32-10(2)17(24)30-12-6-5-11(18(25)29-3)15(16(12)21(27)28)20-13(22)7-8-14(20)23/h5-6,10,13-14,22-23H,4,7-9H2,1-3H3. The molecule has 0 aliphatic carbocycles. The Bertz CT molecular complexity index is 886. The predicted octanol–water partition coefficient (Wildman–Crippen LogP) is 2.91. The zero-order valence-corrected chi connectivity index (χ0v) is 19.3. The van der Waals surface area contributed by atoms with Crippen LogP contribution in [-0.2, 0) is 9.53 Å². The molecule has 0 radical (unpaired) electrons. The second kappa shape index (κ2) is 11.5. The van der Waals surface area contributed by atoms with Crippen LogP contribution in [0.4, 0.5) is 16.2 Å². The molecule has 2 N–H and O–H groups in total. The maximum atomic E-state index is 12.5. The Labute approximate surface area is 192 Å². The van der Waals surface area contributed by atoms with Gasteiger partial charge in [0.1, 0.15) is 23.4 Å². The van der Waals surface area contributed by atoms with Gasteiger partial charge in [0.25, 0.3) is 0 Å². The van der Waals surface area contributed by atoms with Crippen molar-refractivity contribution in [2.75, 3.05) is 17.8 Å². The number of ether oxygens (including phenoxy) is 2. The van der Waals surface area contributed by atoms with Gasteiger partial charge >= 0.3 is 17.6 Å². The van der Waals surface area contributed by atoms with Gasteiger partial charge in [0.2, 0.25) is 10.2 Å². The lowest BCUT2D eigenvalue weighted by Crippen LogP contribution is -2.37. The molecule has 1 saturated heterocycles. The number of rotatable bonds is 8. The van der Waals surface area contributed by atoms with Crippen LogP contribution in [0.1, 0.15) is 43.5 Å². The zero-order chi connectivity index (χ0) is 24.0. The molecule has 176 valence electrons. The topological polar surface area (TPSA) is 157 Å². The Hall–Kier alpha value is -2.35. The van der Waals surface area contributed by atoms with Gasteiger partial charge in [-0.05, 0) is 38.3 Å². The summed E-state index contributed by atoms with van der Waals surface area (Å²) in [6.07, 6.45) is -1.62. The van der Waals surface area contributed by atoms with Crippen molar-refractivity contribution < 1.29 is 39.0 Å². The summed E-state index contributed by atoms with van der Waals surface area (Å²) in [5, 5.41) is 31.5. The van der Waals surface area contributed by atoms with E-state index in [4.69, 9.17) is 4.74 Å². The number of esters is 2. The van der Waals surface area contributed by atoms with E-state index in [0.717, 1.165) is 54.1 Å². The molecule has 0 spiro atoms. The van der Waals surface area contributed by atoms with Crippen molar-refractivity contribution in [3.05, 3.63) is 27.8 Å². The third kappa shape index (κ3) is 5.91. The largest absolute Gasteiger partial charge is 0.465 e. The molecule has 1 fully saturated rings. The Kier molecular flexibility index (Phi) is 9.31. The van der Waals surface area contributed by atoms with Crippen molar-refractivity contribution in [3.8, 4) is 5.75 Å². The van der Waals surface area contributed by atoms with E-state index >= 15 is 0 Å². The maximum absolute atomic E-state index is 12.5. The van der Waals surface area contributed by atoms with Gasteiger partial charge in [-0.1, -0.05) is 30.4 Å². The number of methoxy groups -OCH3 is 1. The summed E-state index contributed by atoms with van der Waals surface area (Å²) in [4.78, 5) is 48.6. The molecule has 3 unspecified atom stereocenters. The summed E-state index contributed by atoms with van der Waals surface area (Å²) < 4.78 is 9.60. The normalized spacial score (nSPS) is 18.8. The first-order valence-electron chi connectivity index (χ1n) is 9.71. The Balaban J connectivity index is 2.45. The molecule has 2 rings (SSSR count). The summed E-state index contributed by atoms with van der Waals surface area (Å²) in [6.45, 7) is 3.34. The number of nitro groups is 1. The number of thioether (sulfide) groups is 2. The van der Waals surface area contributed by atoms with Crippen LogP contribution in [-0.4, -0.2) is 62.1 Å². The van der Waals surface area contributed by atoms with Crippen LogP contribution in [0.15, 0.2) is 12.1 Å². The van der Waals surface area contributed by atoms with E-state index in [1.165, 1.54) is 6.92 Å². The van der Waals surface area contributed by atoms with E-state index in [1.54, 1.807) is 0 Å². The lowest BCUT2D eigenvalue weighted by Gasteiger charge is -2.28. The fourth-order valence-corrected chi connectivity index (χ4v) is 4.79. The molecule has 13 heteroatoms. The van der Waals surface area contributed by atoms with Crippen molar-refractivity contribution in [2.24, 2.45) is 0 Å². The number of benzene rings is 1. The predicted molar refractivity (Wildman–Crippen MR) is 119 cm³/mol. The SMILES string of the molecule is CCCSC(=O)SC(C)C(=O)Oc1ccc(C(=O)OC)c(N2C(O)CCC2O)c1[N+](=O)[O-]. The molecular weight excluding hydrogens is 464 g/mol. The van der Waals surface area contributed by atoms with E-state index in [0.29, 0.717) is 5.75 Å². The van der Waals surface area contributed by atoms with Crippen LogP contribution in [0.5, 0.6) is 5.75 Å². The quantitative estimate of drug-likeness (QED) is 0.239. The lowest BCUT2D eigenvalue weighted by atomic mass is 10.1. The van der Waals surface area contributed by atoms with Crippen molar-refractivity contribution in [1.82, 2.24) is 0 Å². The molecule has 32 heavy (non-hydrogen) atoms. The van der Waals surface area contributed by atoms with Gasteiger partial charge in [0, 0.05) is 5.75 Å². The number of aliphatic hydroxyl groups excluding tert-OH is 2. The van der Waals surface area contributed by atoms with E-state index < -0.39 is 51.7 Å². The highest BCUT2D eigenvalue weighted by Gasteiger charge is 2.41. The van der Waals surface area contributed by atoms with Gasteiger partial charge in [0.15, 0.2) is 0 Å². The highest BCUT2D eigenvalue weighted by atomic mass is 32.2. The van der Waals surface area contributed by atoms with Crippen molar-refractivity contribution >= 4 is 51.3 Å². The van der Waals surface area contributed by atoms with E-state index in [-0.39, 0.29) is 22.9 Å². The Morgan fingerprint density at radius 1 is 1.28 bits per heavy atom. The number of nitro benzene ring substituents is 1. The molecule has 0 amide bonds. The van der Waals surface area contributed by atoms with Gasteiger partial charge in [-0.2, -0.15) is 0 Å². The van der Waals surface area contributed by atoms with Crippen LogP contribution in [0, 0.1) is 10.1 Å². The zero-order valence-electron chi connectivity index (χ0n) is 17.7. The molecule has 0 aromatic heterocycles. The average Bonchev–Trinajstić information content (AvgIpc) is 3.08. The Morgan fingerprint density at radius 3 is 2.44 bits per heavy atom. The Morgan fingerprint density at radius 2 is 1.91 bits per heavy atom. The minimum Gasteiger partial charge on any atom is -0.465 e. The lowest BCUT2D eigenvalue weighted by molar-refractivity contribution is -0.385. The smallest absolute Gasteiger partial charge is 0.340 e. The van der Waals surface area contributed by atoms with Gasteiger partial charge < -0.3 is 24.6 Å². The first kappa shape index (κ1) is 25.9. The summed E-state index contributed by atoms with van der Waals surface area (Å²) in [7, 11) is 1.08. The second-order valence-electron chi connectivity index (χ2n) is 6.78. The molecular formula is C19H24N2O9S2. The molecule has 3 atom stereocenters. The van der Waals surface area contributed by atoms with Gasteiger partial charge in [-0.15, -0.1) is 0 Å². The fourth-order valence-electron chi connectivity index (χ4n) is 3.03. The molecule has 1 aromatic rings. The number of hydrogen-bond acceptors (Lipinski definition) is 12. The summed E-state index contributed by atoms with van der Waals surface area (Å²) in [6, 6.07) is 2.21. The second-order valence-corrected chi connectivity index (χ2v) is 9.42. The van der Waals surface area contributed by atoms with E-state index in [2.05, 4.69) is 4.74 Å². The molecule has 0 bridgehead atoms. The first-order chi connectivity index (χ1) is 15.1. The van der Waals surface area contributed by atoms with Gasteiger partial charge in [0.05, 0.1) is 17.6 Å². The summed E-state index contributed by atoms with van der Waals surface area (Å²) in [5.41, 5.74) is -1.49. The number of aliphatic hydroxyl groups is 2. The third-order valence-corrected chi connectivity index (χ3v) is 6.75. The van der Waals surface area contributed by atoms with Crippen LogP contribution in [0.2, 0.25) is 0 Å². The highest BCUT2D eigenvalue weighted by Crippen LogP contribution is 2.44. The number of hydrogen-bond donors (Lipinski definition) is 2. The molecule has 0 saturated carbocycles. The number of nitrogens with zero attached hydrogens (tertiary/aromatic N) is 2. The number of carbonyl (C=O) groups excluding carboxylic acids is 3. The summed E-state index contributed by atoms with van der Waals surface area (Å²) >= 11 is 1.80. The third-order valence-electron chi connectivity index (χ3n) is 4.53. The van der Waals surface area contributed by atoms with Crippen molar-refractivity contribution in [3.63, 3.8) is 0 Å². The monoisotopic (exact) mass is 488 g/mol. The van der Waals surface area contributed by atoms with E-state index in [1.807, 2.05) is 6.92 Å². The molecule has 11 nitrogen and oxygen atoms in total. The summed E-state index contributed by atoms with van der Waals surface area (Å²) in [5.74, 6) is -1.73. The molecule has 1 heterocycles. The highest BCUT2D eigenvalue weighted by molar-refractivity contribution is 8.38. The van der Waals surface area contributed by atoms with Crippen molar-refractivity contribution in [2.45, 2.75) is 50.8 Å². The molecule has 1 aliphatic rings. The minimum absolute atomic E-state index is 0.105. The number of carbonyl (C=O) groups is 3. The average molecular weight is 489 g/mol. The van der Waals surface area contributed by atoms with Gasteiger partial charge in [-0.25, -0.2) is 4.79 Å². The van der Waals surface area contributed by atoms with Crippen LogP contribution < -0.4 is 9.64 Å². The van der Waals surface area contributed by atoms with Crippen molar-refractivity contribution in [1.29, 1.82) is 0 Å². The first-order valence-corrected chi connectivity index (χ1v) is 11.6. The molecule has 1 aromatic carbocycles. The van der Waals surface area contributed by atoms with Crippen LogP contribution >= 0.6 is 23.5 Å². The molecule has 1 aliphatic heterocycles. The fraction of sp³-hybridized carbons (Fsp3) is 0.526. The minimum atomic E-state index is -1.30. The van der Waals surface area contributed by atoms with Gasteiger partial charge in [-0.3, -0.25) is 19.7 Å². The van der Waals surface area contributed by atoms with E-state index in [9.17, 15) is 34.7 Å². The maximum Gasteiger partial charge on any atom is 0.340 e.